The molecule has 2 heterocycles. The molecule has 1 aromatic carbocycles. The van der Waals surface area contributed by atoms with Crippen LogP contribution in [-0.4, -0.2) is 5.75 Å². The van der Waals surface area contributed by atoms with Gasteiger partial charge in [-0.1, -0.05) is 18.2 Å². The van der Waals surface area contributed by atoms with Gasteiger partial charge < -0.3 is 9.73 Å². The Morgan fingerprint density at radius 2 is 2.24 bits per heavy atom. The van der Waals surface area contributed by atoms with Crippen LogP contribution >= 0.6 is 11.8 Å². The number of nitrogens with one attached hydrogen (secondary N) is 1. The first-order valence-electron chi connectivity index (χ1n) is 5.89. The summed E-state index contributed by atoms with van der Waals surface area (Å²) in [6.07, 6.45) is 4.72. The van der Waals surface area contributed by atoms with Crippen molar-refractivity contribution >= 4 is 11.8 Å². The zero-order valence-corrected chi connectivity index (χ0v) is 10.4. The van der Waals surface area contributed by atoms with Crippen LogP contribution in [0.3, 0.4) is 0 Å². The highest BCUT2D eigenvalue weighted by atomic mass is 32.2. The molecule has 1 unspecified atom stereocenters. The monoisotopic (exact) mass is 245 g/mol. The summed E-state index contributed by atoms with van der Waals surface area (Å²) in [7, 11) is 0. The van der Waals surface area contributed by atoms with Gasteiger partial charge in [-0.2, -0.15) is 0 Å². The van der Waals surface area contributed by atoms with E-state index in [0.29, 0.717) is 6.04 Å². The summed E-state index contributed by atoms with van der Waals surface area (Å²) in [4.78, 5) is 1.42. The third kappa shape index (κ3) is 2.40. The Morgan fingerprint density at radius 1 is 1.29 bits per heavy atom. The van der Waals surface area contributed by atoms with Crippen LogP contribution in [0.15, 0.2) is 52.2 Å². The molecule has 3 rings (SSSR count). The number of furan rings is 1. The van der Waals surface area contributed by atoms with Gasteiger partial charge in [-0.25, -0.2) is 0 Å². The number of hydrogen-bond donors (Lipinski definition) is 1. The minimum absolute atomic E-state index is 0.474. The molecule has 0 bridgehead atoms. The average Bonchev–Trinajstić information content (AvgIpc) is 2.89. The number of thioether (sulfide) groups is 1. The number of hydrogen-bond acceptors (Lipinski definition) is 3. The lowest BCUT2D eigenvalue weighted by Crippen LogP contribution is -2.23. The fraction of sp³-hybridized carbons (Fsp3) is 0.286. The maximum atomic E-state index is 5.08. The predicted octanol–water partition coefficient (Wildman–Crippen LogP) is 3.61. The Bertz CT molecular complexity index is 481. The summed E-state index contributed by atoms with van der Waals surface area (Å²) in [6.45, 7) is 0.875. The molecule has 1 atom stereocenters. The number of fused-ring (bicyclic) bond motifs is 1. The highest BCUT2D eigenvalue weighted by Gasteiger charge is 2.19. The molecule has 2 nitrogen and oxygen atoms in total. The Labute approximate surface area is 105 Å². The zero-order valence-electron chi connectivity index (χ0n) is 9.56. The highest BCUT2D eigenvalue weighted by Crippen LogP contribution is 2.35. The van der Waals surface area contributed by atoms with E-state index < -0.39 is 0 Å². The van der Waals surface area contributed by atoms with Gasteiger partial charge in [0.25, 0.3) is 0 Å². The molecule has 1 aliphatic heterocycles. The van der Waals surface area contributed by atoms with Crippen molar-refractivity contribution in [1.82, 2.24) is 5.32 Å². The van der Waals surface area contributed by atoms with Crippen LogP contribution in [-0.2, 0) is 6.54 Å². The standard InChI is InChI=1S/C14H15NOS/c1-2-4-14-12(3-1)13(6-8-17-14)15-9-11-5-7-16-10-11/h1-5,7,10,13,15H,6,8-9H2. The first-order chi connectivity index (χ1) is 8.43. The minimum atomic E-state index is 0.474. The second-order valence-electron chi connectivity index (χ2n) is 4.24. The molecule has 0 radical (unpaired) electrons. The van der Waals surface area contributed by atoms with Gasteiger partial charge in [0.1, 0.15) is 0 Å². The molecular formula is C14H15NOS. The third-order valence-corrected chi connectivity index (χ3v) is 4.21. The molecule has 2 aromatic rings. The van der Waals surface area contributed by atoms with E-state index in [4.69, 9.17) is 4.42 Å². The molecule has 1 aliphatic rings. The Morgan fingerprint density at radius 3 is 3.12 bits per heavy atom. The van der Waals surface area contributed by atoms with Crippen molar-refractivity contribution in [3.05, 3.63) is 54.0 Å². The van der Waals surface area contributed by atoms with Gasteiger partial charge in [0.05, 0.1) is 12.5 Å². The summed E-state index contributed by atoms with van der Waals surface area (Å²) in [6, 6.07) is 11.2. The summed E-state index contributed by atoms with van der Waals surface area (Å²) in [5, 5.41) is 3.61. The largest absolute Gasteiger partial charge is 0.472 e. The van der Waals surface area contributed by atoms with Gasteiger partial charge >= 0.3 is 0 Å². The highest BCUT2D eigenvalue weighted by molar-refractivity contribution is 7.99. The van der Waals surface area contributed by atoms with Crippen LogP contribution in [0, 0.1) is 0 Å². The van der Waals surface area contributed by atoms with Crippen molar-refractivity contribution in [3.63, 3.8) is 0 Å². The predicted molar refractivity (Wildman–Crippen MR) is 70.1 cm³/mol. The lowest BCUT2D eigenvalue weighted by atomic mass is 10.0. The molecule has 0 spiro atoms. The SMILES string of the molecule is c1ccc2c(c1)SCCC2NCc1ccoc1. The van der Waals surface area contributed by atoms with E-state index in [2.05, 4.69) is 29.6 Å². The lowest BCUT2D eigenvalue weighted by Gasteiger charge is -2.25. The second kappa shape index (κ2) is 4.98. The van der Waals surface area contributed by atoms with E-state index in [-0.39, 0.29) is 0 Å². The third-order valence-electron chi connectivity index (χ3n) is 3.09. The van der Waals surface area contributed by atoms with E-state index in [1.807, 2.05) is 17.8 Å². The topological polar surface area (TPSA) is 25.2 Å². The summed E-state index contributed by atoms with van der Waals surface area (Å²) in [5.41, 5.74) is 2.65. The normalized spacial score (nSPS) is 18.9. The molecule has 1 N–H and O–H groups in total. The van der Waals surface area contributed by atoms with Gasteiger partial charge in [-0.15, -0.1) is 11.8 Å². The molecule has 0 aliphatic carbocycles. The summed E-state index contributed by atoms with van der Waals surface area (Å²) < 4.78 is 5.08. The van der Waals surface area contributed by atoms with Crippen LogP contribution in [0.2, 0.25) is 0 Å². The maximum absolute atomic E-state index is 5.08. The molecule has 3 heteroatoms. The van der Waals surface area contributed by atoms with Crippen molar-refractivity contribution in [2.45, 2.75) is 23.9 Å². The Hall–Kier alpha value is -1.19. The van der Waals surface area contributed by atoms with E-state index >= 15 is 0 Å². The van der Waals surface area contributed by atoms with E-state index in [0.717, 1.165) is 6.54 Å². The van der Waals surface area contributed by atoms with Crippen LogP contribution in [0.4, 0.5) is 0 Å². The van der Waals surface area contributed by atoms with Gasteiger partial charge in [0, 0.05) is 23.0 Å². The first kappa shape index (κ1) is 10.9. The molecule has 0 amide bonds. The molecule has 0 saturated heterocycles. The Kier molecular flexibility index (Phi) is 3.20. The van der Waals surface area contributed by atoms with E-state index in [1.165, 1.54) is 28.2 Å². The zero-order chi connectivity index (χ0) is 11.5. The fourth-order valence-corrected chi connectivity index (χ4v) is 3.31. The smallest absolute Gasteiger partial charge is 0.0947 e. The molecule has 88 valence electrons. The van der Waals surface area contributed by atoms with E-state index in [1.54, 1.807) is 12.5 Å². The quantitative estimate of drug-likeness (QED) is 0.894. The molecule has 0 saturated carbocycles. The van der Waals surface area contributed by atoms with Crippen LogP contribution in [0.1, 0.15) is 23.6 Å². The molecular weight excluding hydrogens is 230 g/mol. The van der Waals surface area contributed by atoms with Crippen molar-refractivity contribution in [3.8, 4) is 0 Å². The van der Waals surface area contributed by atoms with Crippen LogP contribution < -0.4 is 5.32 Å². The van der Waals surface area contributed by atoms with E-state index in [9.17, 15) is 0 Å². The average molecular weight is 245 g/mol. The van der Waals surface area contributed by atoms with Crippen molar-refractivity contribution in [2.24, 2.45) is 0 Å². The van der Waals surface area contributed by atoms with Gasteiger partial charge in [0.2, 0.25) is 0 Å². The number of benzene rings is 1. The van der Waals surface area contributed by atoms with Gasteiger partial charge in [-0.05, 0) is 29.9 Å². The first-order valence-corrected chi connectivity index (χ1v) is 6.88. The van der Waals surface area contributed by atoms with Crippen LogP contribution in [0.25, 0.3) is 0 Å². The maximum Gasteiger partial charge on any atom is 0.0947 e. The van der Waals surface area contributed by atoms with Crippen molar-refractivity contribution < 1.29 is 4.42 Å². The van der Waals surface area contributed by atoms with Gasteiger partial charge in [0.15, 0.2) is 0 Å². The second-order valence-corrected chi connectivity index (χ2v) is 5.38. The molecule has 1 aromatic heterocycles. The number of rotatable bonds is 3. The Balaban J connectivity index is 1.72. The fourth-order valence-electron chi connectivity index (χ4n) is 2.19. The molecule has 17 heavy (non-hydrogen) atoms. The minimum Gasteiger partial charge on any atom is -0.472 e. The molecule has 0 fully saturated rings. The van der Waals surface area contributed by atoms with Crippen molar-refractivity contribution in [1.29, 1.82) is 0 Å². The summed E-state index contributed by atoms with van der Waals surface area (Å²) in [5.74, 6) is 1.19. The van der Waals surface area contributed by atoms with Crippen LogP contribution in [0.5, 0.6) is 0 Å². The van der Waals surface area contributed by atoms with Gasteiger partial charge in [-0.3, -0.25) is 0 Å². The summed E-state index contributed by atoms with van der Waals surface area (Å²) >= 11 is 1.96. The van der Waals surface area contributed by atoms with Crippen molar-refractivity contribution in [2.75, 3.05) is 5.75 Å². The lowest BCUT2D eigenvalue weighted by molar-refractivity contribution is 0.504.